The largest absolute Gasteiger partial charge is 0.257 e. The van der Waals surface area contributed by atoms with Crippen molar-refractivity contribution in [3.63, 3.8) is 0 Å². The molecule has 0 radical (unpaired) electrons. The third-order valence-electron chi connectivity index (χ3n) is 4.40. The molecule has 1 aliphatic heterocycles. The summed E-state index contributed by atoms with van der Waals surface area (Å²) < 4.78 is 36.3. The number of nitrogens with two attached hydrogens (primary N) is 1. The molecule has 5 nitrogen and oxygen atoms in total. The summed E-state index contributed by atoms with van der Waals surface area (Å²) in [4.78, 5) is 1.12. The van der Waals surface area contributed by atoms with E-state index in [4.69, 9.17) is 10.2 Å². The summed E-state index contributed by atoms with van der Waals surface area (Å²) in [7, 11) is -3.75. The molecule has 8 heteroatoms. The van der Waals surface area contributed by atoms with Crippen molar-refractivity contribution in [1.29, 1.82) is 0 Å². The van der Waals surface area contributed by atoms with Gasteiger partial charge in [-0.1, -0.05) is 18.2 Å². The number of hydrazone groups is 1. The summed E-state index contributed by atoms with van der Waals surface area (Å²) >= 11 is 1.61. The van der Waals surface area contributed by atoms with Crippen molar-refractivity contribution in [1.82, 2.24) is 0 Å². The van der Waals surface area contributed by atoms with Gasteiger partial charge in [0.15, 0.2) is 0 Å². The average Bonchev–Trinajstić information content (AvgIpc) is 3.31. The van der Waals surface area contributed by atoms with Crippen LogP contribution in [0.15, 0.2) is 76.0 Å². The zero-order valence-corrected chi connectivity index (χ0v) is 15.8. The van der Waals surface area contributed by atoms with E-state index in [0.29, 0.717) is 6.42 Å². The van der Waals surface area contributed by atoms with E-state index < -0.39 is 10.0 Å². The lowest BCUT2D eigenvalue weighted by molar-refractivity contribution is 0.597. The number of sulfonamides is 1. The minimum atomic E-state index is -3.75. The van der Waals surface area contributed by atoms with Crippen molar-refractivity contribution < 1.29 is 12.8 Å². The number of anilines is 1. The van der Waals surface area contributed by atoms with Gasteiger partial charge in [-0.2, -0.15) is 5.10 Å². The Labute approximate surface area is 160 Å². The predicted molar refractivity (Wildman–Crippen MR) is 105 cm³/mol. The Hall–Kier alpha value is -2.55. The van der Waals surface area contributed by atoms with Crippen molar-refractivity contribution in [2.75, 3.05) is 5.01 Å². The van der Waals surface area contributed by atoms with E-state index >= 15 is 0 Å². The molecule has 0 spiro atoms. The maximum atomic E-state index is 13.3. The molecule has 0 unspecified atom stereocenters. The fraction of sp³-hybridized carbons (Fsp3) is 0.105. The molecule has 27 heavy (non-hydrogen) atoms. The molecule has 0 bridgehead atoms. The van der Waals surface area contributed by atoms with Gasteiger partial charge in [-0.15, -0.1) is 11.3 Å². The molecule has 1 aromatic heterocycles. The lowest BCUT2D eigenvalue weighted by atomic mass is 10.0. The standard InChI is InChI=1S/C19H16FN3O2S2/c20-14-5-3-13(4-6-14)18-12-17(19-2-1-11-26-19)22-23(18)15-7-9-16(10-8-15)27(21,24)25/h1-11,18H,12H2,(H2,21,24,25)/t18-/m1/s1. The van der Waals surface area contributed by atoms with Gasteiger partial charge in [0, 0.05) is 6.42 Å². The number of hydrogen-bond acceptors (Lipinski definition) is 5. The lowest BCUT2D eigenvalue weighted by Gasteiger charge is -2.24. The Morgan fingerprint density at radius 2 is 1.78 bits per heavy atom. The summed E-state index contributed by atoms with van der Waals surface area (Å²) in [6.45, 7) is 0. The second-order valence-corrected chi connectivity index (χ2v) is 8.69. The van der Waals surface area contributed by atoms with Gasteiger partial charge in [-0.05, 0) is 53.4 Å². The first-order valence-corrected chi connectivity index (χ1v) is 10.6. The molecule has 0 amide bonds. The fourth-order valence-corrected chi connectivity index (χ4v) is 4.31. The maximum absolute atomic E-state index is 13.3. The van der Waals surface area contributed by atoms with Crippen LogP contribution in [0.1, 0.15) is 22.9 Å². The van der Waals surface area contributed by atoms with Crippen molar-refractivity contribution in [3.05, 3.63) is 82.3 Å². The Kier molecular flexibility index (Phi) is 4.55. The molecule has 2 N–H and O–H groups in total. The summed E-state index contributed by atoms with van der Waals surface area (Å²) in [5, 5.41) is 13.8. The van der Waals surface area contributed by atoms with Crippen molar-refractivity contribution in [2.45, 2.75) is 17.4 Å². The van der Waals surface area contributed by atoms with Gasteiger partial charge in [-0.3, -0.25) is 5.01 Å². The summed E-state index contributed by atoms with van der Waals surface area (Å²) in [5.74, 6) is -0.291. The molecule has 3 aromatic rings. The highest BCUT2D eigenvalue weighted by Crippen LogP contribution is 2.37. The monoisotopic (exact) mass is 401 g/mol. The Morgan fingerprint density at radius 1 is 1.07 bits per heavy atom. The highest BCUT2D eigenvalue weighted by atomic mass is 32.2. The third-order valence-corrected chi connectivity index (χ3v) is 6.25. The smallest absolute Gasteiger partial charge is 0.238 e. The number of nitrogens with zero attached hydrogens (tertiary/aromatic N) is 2. The van der Waals surface area contributed by atoms with Crippen molar-refractivity contribution in [2.24, 2.45) is 10.2 Å². The Bertz CT molecular complexity index is 1080. The van der Waals surface area contributed by atoms with Gasteiger partial charge in [-0.25, -0.2) is 17.9 Å². The molecule has 1 atom stereocenters. The van der Waals surface area contributed by atoms with E-state index in [2.05, 4.69) is 0 Å². The third kappa shape index (κ3) is 3.64. The SMILES string of the molecule is NS(=O)(=O)c1ccc(N2N=C(c3cccs3)C[C@@H]2c2ccc(F)cc2)cc1. The second-order valence-electron chi connectivity index (χ2n) is 6.18. The number of halogens is 1. The first-order valence-electron chi connectivity index (χ1n) is 8.21. The summed E-state index contributed by atoms with van der Waals surface area (Å²) in [5.41, 5.74) is 2.61. The van der Waals surface area contributed by atoms with E-state index in [1.54, 1.807) is 35.6 Å². The van der Waals surface area contributed by atoms with Gasteiger partial charge in [0.25, 0.3) is 0 Å². The number of hydrogen-bond donors (Lipinski definition) is 1. The van der Waals surface area contributed by atoms with E-state index in [9.17, 15) is 12.8 Å². The van der Waals surface area contributed by atoms with Crippen LogP contribution in [0.4, 0.5) is 10.1 Å². The minimum Gasteiger partial charge on any atom is -0.257 e. The van der Waals surface area contributed by atoms with Crippen molar-refractivity contribution in [3.8, 4) is 0 Å². The molecule has 0 saturated carbocycles. The first kappa shape index (κ1) is 17.8. The highest BCUT2D eigenvalue weighted by Gasteiger charge is 2.30. The second kappa shape index (κ2) is 6.88. The number of rotatable bonds is 4. The predicted octanol–water partition coefficient (Wildman–Crippen LogP) is 3.89. The Morgan fingerprint density at radius 3 is 2.37 bits per heavy atom. The van der Waals surface area contributed by atoms with Crippen LogP contribution in [0.5, 0.6) is 0 Å². The van der Waals surface area contributed by atoms with E-state index in [1.807, 2.05) is 22.5 Å². The van der Waals surface area contributed by atoms with Crippen LogP contribution >= 0.6 is 11.3 Å². The quantitative estimate of drug-likeness (QED) is 0.721. The molecule has 4 rings (SSSR count). The molecule has 2 heterocycles. The van der Waals surface area contributed by atoms with Gasteiger partial charge in [0.2, 0.25) is 10.0 Å². The summed E-state index contributed by atoms with van der Waals surface area (Å²) in [6.07, 6.45) is 0.670. The van der Waals surface area contributed by atoms with E-state index in [-0.39, 0.29) is 16.8 Å². The molecule has 0 fully saturated rings. The van der Waals surface area contributed by atoms with Crippen LogP contribution in [0.3, 0.4) is 0 Å². The molecule has 0 aliphatic carbocycles. The van der Waals surface area contributed by atoms with Crippen LogP contribution < -0.4 is 10.1 Å². The molecule has 138 valence electrons. The fourth-order valence-electron chi connectivity index (χ4n) is 3.07. The average molecular weight is 401 g/mol. The first-order chi connectivity index (χ1) is 12.9. The molecule has 0 saturated heterocycles. The number of benzene rings is 2. The van der Waals surface area contributed by atoms with E-state index in [0.717, 1.165) is 21.8 Å². The highest BCUT2D eigenvalue weighted by molar-refractivity contribution is 7.89. The van der Waals surface area contributed by atoms with Crippen LogP contribution in [-0.2, 0) is 10.0 Å². The van der Waals surface area contributed by atoms with Crippen LogP contribution in [-0.4, -0.2) is 14.1 Å². The lowest BCUT2D eigenvalue weighted by Crippen LogP contribution is -2.19. The zero-order valence-electron chi connectivity index (χ0n) is 14.1. The zero-order chi connectivity index (χ0) is 19.0. The number of thiophene rings is 1. The van der Waals surface area contributed by atoms with Gasteiger partial charge >= 0.3 is 0 Å². The van der Waals surface area contributed by atoms with Crippen LogP contribution in [0.25, 0.3) is 0 Å². The van der Waals surface area contributed by atoms with Crippen LogP contribution in [0.2, 0.25) is 0 Å². The normalized spacial score (nSPS) is 17.2. The maximum Gasteiger partial charge on any atom is 0.238 e. The molecular formula is C19H16FN3O2S2. The van der Waals surface area contributed by atoms with Crippen LogP contribution in [0, 0.1) is 5.82 Å². The number of primary sulfonamides is 1. The minimum absolute atomic E-state index is 0.0474. The molecule has 2 aromatic carbocycles. The van der Waals surface area contributed by atoms with Gasteiger partial charge in [0.05, 0.1) is 27.2 Å². The van der Waals surface area contributed by atoms with Crippen molar-refractivity contribution >= 4 is 32.8 Å². The Balaban J connectivity index is 1.74. The molecular weight excluding hydrogens is 385 g/mol. The topological polar surface area (TPSA) is 75.8 Å². The molecule has 1 aliphatic rings. The van der Waals surface area contributed by atoms with Gasteiger partial charge in [0.1, 0.15) is 5.82 Å². The summed E-state index contributed by atoms with van der Waals surface area (Å²) in [6, 6.07) is 16.5. The van der Waals surface area contributed by atoms with E-state index in [1.165, 1.54) is 24.3 Å². The van der Waals surface area contributed by atoms with Gasteiger partial charge < -0.3 is 0 Å².